The molecule has 0 aliphatic carbocycles. The smallest absolute Gasteiger partial charge is 0.270 e. The first-order valence-corrected chi connectivity index (χ1v) is 7.13. The lowest BCUT2D eigenvalue weighted by atomic mass is 10.2. The van der Waals surface area contributed by atoms with E-state index in [9.17, 15) is 4.79 Å². The lowest BCUT2D eigenvalue weighted by Gasteiger charge is -2.21. The summed E-state index contributed by atoms with van der Waals surface area (Å²) in [5, 5.41) is 5.32. The van der Waals surface area contributed by atoms with Crippen LogP contribution in [-0.4, -0.2) is 28.4 Å². The molecule has 5 heteroatoms. The molecule has 0 radical (unpaired) electrons. The van der Waals surface area contributed by atoms with Gasteiger partial charge in [-0.05, 0) is 18.6 Å². The van der Waals surface area contributed by atoms with Crippen LogP contribution < -0.4 is 5.32 Å². The number of thioether (sulfide) groups is 1. The molecule has 3 nitrogen and oxygen atoms in total. The third-order valence-corrected chi connectivity index (χ3v) is 4.41. The molecule has 1 N–H and O–H groups in total. The van der Waals surface area contributed by atoms with E-state index in [1.54, 1.807) is 10.9 Å². The number of hydrogen-bond acceptors (Lipinski definition) is 4. The van der Waals surface area contributed by atoms with E-state index in [0.29, 0.717) is 10.9 Å². The van der Waals surface area contributed by atoms with E-state index in [0.717, 1.165) is 6.54 Å². The maximum Gasteiger partial charge on any atom is 0.270 e. The average Bonchev–Trinajstić information content (AvgIpc) is 2.81. The number of carbonyl (C=O) groups excluding carboxylic acids is 1. The summed E-state index contributed by atoms with van der Waals surface area (Å²) in [7, 11) is 0. The molecule has 0 bridgehead atoms. The molecule has 1 amide bonds. The minimum atomic E-state index is -0.0394. The molecule has 2 heterocycles. The second kappa shape index (κ2) is 5.51. The van der Waals surface area contributed by atoms with Crippen LogP contribution in [0.25, 0.3) is 0 Å². The molecule has 0 saturated carbocycles. The van der Waals surface area contributed by atoms with Crippen molar-refractivity contribution in [2.75, 3.05) is 12.3 Å². The van der Waals surface area contributed by atoms with Crippen LogP contribution in [0.2, 0.25) is 0 Å². The summed E-state index contributed by atoms with van der Waals surface area (Å²) in [6.45, 7) is 0.779. The number of nitrogens with zero attached hydrogens (tertiary/aromatic N) is 1. The van der Waals surface area contributed by atoms with Crippen molar-refractivity contribution in [1.29, 1.82) is 0 Å². The molecule has 0 spiro atoms. The van der Waals surface area contributed by atoms with Gasteiger partial charge in [-0.3, -0.25) is 4.79 Å². The molecule has 1 unspecified atom stereocenters. The van der Waals surface area contributed by atoms with Gasteiger partial charge in [-0.15, -0.1) is 11.3 Å². The van der Waals surface area contributed by atoms with E-state index in [1.165, 1.54) is 36.4 Å². The predicted molar refractivity (Wildman–Crippen MR) is 64.5 cm³/mol. The zero-order chi connectivity index (χ0) is 10.5. The van der Waals surface area contributed by atoms with Crippen LogP contribution >= 0.6 is 23.1 Å². The first kappa shape index (κ1) is 11.0. The van der Waals surface area contributed by atoms with Crippen LogP contribution in [0.15, 0.2) is 10.9 Å². The van der Waals surface area contributed by atoms with Gasteiger partial charge in [0.25, 0.3) is 5.91 Å². The number of thiazole rings is 1. The summed E-state index contributed by atoms with van der Waals surface area (Å²) < 4.78 is 0. The molecule has 1 aromatic rings. The van der Waals surface area contributed by atoms with Crippen LogP contribution in [0, 0.1) is 0 Å². The summed E-state index contributed by atoms with van der Waals surface area (Å²) in [6.07, 6.45) is 3.84. The third kappa shape index (κ3) is 3.21. The number of aromatic nitrogens is 1. The highest BCUT2D eigenvalue weighted by Gasteiger charge is 2.15. The maximum atomic E-state index is 11.6. The maximum absolute atomic E-state index is 11.6. The van der Waals surface area contributed by atoms with Gasteiger partial charge in [0.05, 0.1) is 5.51 Å². The number of hydrogen-bond donors (Lipinski definition) is 1. The number of amides is 1. The summed E-state index contributed by atoms with van der Waals surface area (Å²) in [5.74, 6) is 1.19. The minimum absolute atomic E-state index is 0.0394. The highest BCUT2D eigenvalue weighted by atomic mass is 32.2. The Bertz CT molecular complexity index is 307. The molecule has 1 aliphatic rings. The Morgan fingerprint density at radius 2 is 2.53 bits per heavy atom. The van der Waals surface area contributed by atoms with E-state index >= 15 is 0 Å². The average molecular weight is 242 g/mol. The second-order valence-corrected chi connectivity index (χ2v) is 5.70. The normalized spacial score (nSPS) is 21.2. The van der Waals surface area contributed by atoms with Crippen molar-refractivity contribution in [1.82, 2.24) is 10.3 Å². The molecule has 0 aromatic carbocycles. The van der Waals surface area contributed by atoms with Crippen molar-refractivity contribution < 1.29 is 4.79 Å². The first-order valence-electron chi connectivity index (χ1n) is 5.14. The van der Waals surface area contributed by atoms with Gasteiger partial charge in [-0.2, -0.15) is 11.8 Å². The molecule has 1 aromatic heterocycles. The van der Waals surface area contributed by atoms with Crippen LogP contribution in [0.3, 0.4) is 0 Å². The Kier molecular flexibility index (Phi) is 4.02. The third-order valence-electron chi connectivity index (χ3n) is 2.43. The molecular weight excluding hydrogens is 228 g/mol. The van der Waals surface area contributed by atoms with E-state index in [-0.39, 0.29) is 5.91 Å². The van der Waals surface area contributed by atoms with Crippen LogP contribution in [0.1, 0.15) is 29.8 Å². The van der Waals surface area contributed by atoms with Gasteiger partial charge in [0.1, 0.15) is 5.69 Å². The summed E-state index contributed by atoms with van der Waals surface area (Å²) >= 11 is 3.42. The van der Waals surface area contributed by atoms with Gasteiger partial charge in [0, 0.05) is 17.2 Å². The highest BCUT2D eigenvalue weighted by molar-refractivity contribution is 7.99. The summed E-state index contributed by atoms with van der Waals surface area (Å²) in [6, 6.07) is 0. The number of carbonyl (C=O) groups is 1. The van der Waals surface area contributed by atoms with E-state index in [2.05, 4.69) is 10.3 Å². The Morgan fingerprint density at radius 3 is 3.20 bits per heavy atom. The van der Waals surface area contributed by atoms with Crippen molar-refractivity contribution in [2.24, 2.45) is 0 Å². The number of rotatable bonds is 3. The molecule has 2 rings (SSSR count). The van der Waals surface area contributed by atoms with Crippen molar-refractivity contribution in [3.8, 4) is 0 Å². The fraction of sp³-hybridized carbons (Fsp3) is 0.600. The Hall–Kier alpha value is -0.550. The molecule has 82 valence electrons. The standard InChI is InChI=1S/C10H14N2OS2/c13-10(9-6-14-7-12-9)11-5-8-3-1-2-4-15-8/h6-8H,1-5H2,(H,11,13). The molecule has 15 heavy (non-hydrogen) atoms. The second-order valence-electron chi connectivity index (χ2n) is 3.57. The van der Waals surface area contributed by atoms with E-state index in [1.807, 2.05) is 11.8 Å². The van der Waals surface area contributed by atoms with E-state index in [4.69, 9.17) is 0 Å². The largest absolute Gasteiger partial charge is 0.350 e. The van der Waals surface area contributed by atoms with Gasteiger partial charge in [-0.25, -0.2) is 4.98 Å². The van der Waals surface area contributed by atoms with Crippen molar-refractivity contribution in [3.63, 3.8) is 0 Å². The fourth-order valence-corrected chi connectivity index (χ4v) is 3.36. The lowest BCUT2D eigenvalue weighted by molar-refractivity contribution is 0.0949. The molecule has 1 aliphatic heterocycles. The van der Waals surface area contributed by atoms with Crippen molar-refractivity contribution in [2.45, 2.75) is 24.5 Å². The SMILES string of the molecule is O=C(NCC1CCCCS1)c1cscn1. The van der Waals surface area contributed by atoms with Crippen LogP contribution in [-0.2, 0) is 0 Å². The monoisotopic (exact) mass is 242 g/mol. The zero-order valence-corrected chi connectivity index (χ0v) is 10.1. The van der Waals surface area contributed by atoms with Gasteiger partial charge in [0.2, 0.25) is 0 Å². The Balaban J connectivity index is 1.75. The first-order chi connectivity index (χ1) is 7.36. The van der Waals surface area contributed by atoms with Crippen molar-refractivity contribution >= 4 is 29.0 Å². The molecule has 1 saturated heterocycles. The van der Waals surface area contributed by atoms with Crippen LogP contribution in [0.4, 0.5) is 0 Å². The topological polar surface area (TPSA) is 42.0 Å². The number of nitrogens with one attached hydrogen (secondary N) is 1. The highest BCUT2D eigenvalue weighted by Crippen LogP contribution is 2.24. The lowest BCUT2D eigenvalue weighted by Crippen LogP contribution is -2.32. The zero-order valence-electron chi connectivity index (χ0n) is 8.44. The van der Waals surface area contributed by atoms with Gasteiger partial charge < -0.3 is 5.32 Å². The molecule has 1 fully saturated rings. The van der Waals surface area contributed by atoms with Crippen molar-refractivity contribution in [3.05, 3.63) is 16.6 Å². The van der Waals surface area contributed by atoms with Crippen LogP contribution in [0.5, 0.6) is 0 Å². The summed E-state index contributed by atoms with van der Waals surface area (Å²) in [5.41, 5.74) is 2.23. The Labute approximate surface area is 97.7 Å². The predicted octanol–water partition coefficient (Wildman–Crippen LogP) is 2.16. The van der Waals surface area contributed by atoms with Gasteiger partial charge in [-0.1, -0.05) is 6.42 Å². The quantitative estimate of drug-likeness (QED) is 0.883. The van der Waals surface area contributed by atoms with Gasteiger partial charge >= 0.3 is 0 Å². The van der Waals surface area contributed by atoms with E-state index < -0.39 is 0 Å². The molecular formula is C10H14N2OS2. The summed E-state index contributed by atoms with van der Waals surface area (Å²) in [4.78, 5) is 15.6. The molecule has 1 atom stereocenters. The Morgan fingerprint density at radius 1 is 1.60 bits per heavy atom. The van der Waals surface area contributed by atoms with Gasteiger partial charge in [0.15, 0.2) is 0 Å². The fourth-order valence-electron chi connectivity index (χ4n) is 1.59. The minimum Gasteiger partial charge on any atom is -0.350 e.